The fraction of sp³-hybridized carbons (Fsp3) is 0.600. The molecule has 1 saturated carbocycles. The van der Waals surface area contributed by atoms with Gasteiger partial charge in [-0.3, -0.25) is 4.79 Å². The number of nitrogens with one attached hydrogen (secondary N) is 1. The first-order valence-electron chi connectivity index (χ1n) is 9.98. The standard InChI is InChI=1S/C20H24ClN3O4/c21-19-14(12-4-5-12)2-1-3-17(19)28-13-8-24(9-13)20(26)23-7-6-16-15(10-23)22-18(25)11-27-16/h1-3,12-13,15-16H,4-11H2,(H,22,25)/t15-,16+/m1/s1. The summed E-state index contributed by atoms with van der Waals surface area (Å²) in [4.78, 5) is 27.9. The molecular weight excluding hydrogens is 382 g/mol. The van der Waals surface area contributed by atoms with Gasteiger partial charge < -0.3 is 24.6 Å². The summed E-state index contributed by atoms with van der Waals surface area (Å²) in [6.45, 7) is 2.36. The van der Waals surface area contributed by atoms with Crippen molar-refractivity contribution in [2.45, 2.75) is 43.4 Å². The highest BCUT2D eigenvalue weighted by Gasteiger charge is 2.40. The van der Waals surface area contributed by atoms with Gasteiger partial charge in [-0.1, -0.05) is 23.7 Å². The van der Waals surface area contributed by atoms with Gasteiger partial charge in [-0.2, -0.15) is 0 Å². The Labute approximate surface area is 168 Å². The van der Waals surface area contributed by atoms with Gasteiger partial charge in [-0.15, -0.1) is 0 Å². The molecule has 0 bridgehead atoms. The Balaban J connectivity index is 1.15. The summed E-state index contributed by atoms with van der Waals surface area (Å²) < 4.78 is 11.6. The van der Waals surface area contributed by atoms with Crippen LogP contribution in [0.3, 0.4) is 0 Å². The summed E-state index contributed by atoms with van der Waals surface area (Å²) in [5.74, 6) is 1.17. The van der Waals surface area contributed by atoms with Crippen molar-refractivity contribution in [3.63, 3.8) is 0 Å². The zero-order chi connectivity index (χ0) is 19.3. The van der Waals surface area contributed by atoms with Crippen LogP contribution in [0.15, 0.2) is 18.2 Å². The molecule has 4 aliphatic rings. The molecule has 3 aliphatic heterocycles. The highest BCUT2D eigenvalue weighted by molar-refractivity contribution is 6.33. The molecule has 0 radical (unpaired) electrons. The van der Waals surface area contributed by atoms with E-state index < -0.39 is 0 Å². The van der Waals surface area contributed by atoms with Crippen molar-refractivity contribution < 1.29 is 19.1 Å². The number of halogens is 1. The van der Waals surface area contributed by atoms with Gasteiger partial charge in [0.2, 0.25) is 5.91 Å². The number of ether oxygens (including phenoxy) is 2. The third-order valence-corrected chi connectivity index (χ3v) is 6.42. The molecule has 0 spiro atoms. The molecule has 7 nitrogen and oxygen atoms in total. The van der Waals surface area contributed by atoms with Crippen LogP contribution in [0, 0.1) is 0 Å². The molecule has 0 unspecified atom stereocenters. The molecule has 5 rings (SSSR count). The molecular formula is C20H24ClN3O4. The maximum absolute atomic E-state index is 12.8. The second-order valence-electron chi connectivity index (χ2n) is 8.12. The van der Waals surface area contributed by atoms with E-state index in [1.54, 1.807) is 9.80 Å². The lowest BCUT2D eigenvalue weighted by Gasteiger charge is -2.45. The largest absolute Gasteiger partial charge is 0.485 e. The molecule has 3 amide bonds. The Morgan fingerprint density at radius 1 is 1.18 bits per heavy atom. The maximum Gasteiger partial charge on any atom is 0.320 e. The second kappa shape index (κ2) is 7.12. The van der Waals surface area contributed by atoms with Crippen LogP contribution in [0.1, 0.15) is 30.7 Å². The van der Waals surface area contributed by atoms with Crippen molar-refractivity contribution in [2.75, 3.05) is 32.8 Å². The lowest BCUT2D eigenvalue weighted by molar-refractivity contribution is -0.139. The van der Waals surface area contributed by atoms with Crippen LogP contribution < -0.4 is 10.1 Å². The highest BCUT2D eigenvalue weighted by Crippen LogP contribution is 2.45. The summed E-state index contributed by atoms with van der Waals surface area (Å²) in [7, 11) is 0. The van der Waals surface area contributed by atoms with E-state index in [2.05, 4.69) is 11.4 Å². The zero-order valence-electron chi connectivity index (χ0n) is 15.6. The summed E-state index contributed by atoms with van der Waals surface area (Å²) in [5, 5.41) is 3.64. The Morgan fingerprint density at radius 3 is 2.79 bits per heavy atom. The van der Waals surface area contributed by atoms with Crippen molar-refractivity contribution >= 4 is 23.5 Å². The molecule has 150 valence electrons. The first-order chi connectivity index (χ1) is 13.6. The number of likely N-dealkylation sites (tertiary alicyclic amines) is 2. The van der Waals surface area contributed by atoms with E-state index in [-0.39, 0.29) is 36.8 Å². The first kappa shape index (κ1) is 18.1. The van der Waals surface area contributed by atoms with E-state index in [0.29, 0.717) is 42.9 Å². The van der Waals surface area contributed by atoms with E-state index in [4.69, 9.17) is 21.1 Å². The number of rotatable bonds is 3. The Morgan fingerprint density at radius 2 is 2.00 bits per heavy atom. The average Bonchev–Trinajstić information content (AvgIpc) is 3.49. The zero-order valence-corrected chi connectivity index (χ0v) is 16.4. The summed E-state index contributed by atoms with van der Waals surface area (Å²) in [6, 6.07) is 5.84. The van der Waals surface area contributed by atoms with Gasteiger partial charge in [0.15, 0.2) is 0 Å². The molecule has 3 heterocycles. The molecule has 4 fully saturated rings. The number of carbonyl (C=O) groups is 2. The number of piperidine rings is 1. The Kier molecular flexibility index (Phi) is 4.59. The van der Waals surface area contributed by atoms with Gasteiger partial charge in [0.1, 0.15) is 18.5 Å². The second-order valence-corrected chi connectivity index (χ2v) is 8.50. The van der Waals surface area contributed by atoms with Crippen LogP contribution in [0.25, 0.3) is 0 Å². The number of morpholine rings is 1. The fourth-order valence-electron chi connectivity index (χ4n) is 4.25. The number of nitrogens with zero attached hydrogens (tertiary/aromatic N) is 2. The minimum Gasteiger partial charge on any atom is -0.485 e. The summed E-state index contributed by atoms with van der Waals surface area (Å²) >= 11 is 6.51. The lowest BCUT2D eigenvalue weighted by Crippen LogP contribution is -2.65. The normalized spacial score (nSPS) is 27.7. The van der Waals surface area contributed by atoms with Crippen molar-refractivity contribution in [1.82, 2.24) is 15.1 Å². The van der Waals surface area contributed by atoms with Gasteiger partial charge in [-0.25, -0.2) is 4.79 Å². The number of amides is 3. The van der Waals surface area contributed by atoms with Crippen molar-refractivity contribution in [1.29, 1.82) is 0 Å². The quantitative estimate of drug-likeness (QED) is 0.834. The van der Waals surface area contributed by atoms with Crippen LogP contribution in [-0.4, -0.2) is 72.8 Å². The predicted octanol–water partition coefficient (Wildman–Crippen LogP) is 1.99. The van der Waals surface area contributed by atoms with Crippen molar-refractivity contribution in [3.05, 3.63) is 28.8 Å². The van der Waals surface area contributed by atoms with Crippen LogP contribution in [0.5, 0.6) is 5.75 Å². The van der Waals surface area contributed by atoms with E-state index in [1.807, 2.05) is 12.1 Å². The maximum atomic E-state index is 12.8. The first-order valence-corrected chi connectivity index (χ1v) is 10.4. The molecule has 3 saturated heterocycles. The van der Waals surface area contributed by atoms with Crippen LogP contribution in [0.4, 0.5) is 4.79 Å². The monoisotopic (exact) mass is 405 g/mol. The number of carbonyl (C=O) groups excluding carboxylic acids is 2. The minimum atomic E-state index is -0.115. The third-order valence-electron chi connectivity index (χ3n) is 6.02. The van der Waals surface area contributed by atoms with Crippen LogP contribution >= 0.6 is 11.6 Å². The van der Waals surface area contributed by atoms with Crippen LogP contribution in [-0.2, 0) is 9.53 Å². The molecule has 1 aliphatic carbocycles. The molecule has 0 aromatic heterocycles. The van der Waals surface area contributed by atoms with Gasteiger partial charge >= 0.3 is 6.03 Å². The molecule has 8 heteroatoms. The smallest absolute Gasteiger partial charge is 0.320 e. The molecule has 1 aromatic carbocycles. The molecule has 2 atom stereocenters. The Bertz CT molecular complexity index is 794. The number of benzene rings is 1. The number of hydrogen-bond donors (Lipinski definition) is 1. The number of fused-ring (bicyclic) bond motifs is 1. The number of urea groups is 1. The predicted molar refractivity (Wildman–Crippen MR) is 103 cm³/mol. The minimum absolute atomic E-state index is 0.00375. The summed E-state index contributed by atoms with van der Waals surface area (Å²) in [5.41, 5.74) is 1.17. The fourth-order valence-corrected chi connectivity index (χ4v) is 4.58. The van der Waals surface area contributed by atoms with E-state index >= 15 is 0 Å². The highest BCUT2D eigenvalue weighted by atomic mass is 35.5. The summed E-state index contributed by atoms with van der Waals surface area (Å²) in [6.07, 6.45) is 3.10. The third kappa shape index (κ3) is 3.42. The van der Waals surface area contributed by atoms with E-state index in [9.17, 15) is 9.59 Å². The number of hydrogen-bond acceptors (Lipinski definition) is 4. The van der Waals surface area contributed by atoms with Crippen LogP contribution in [0.2, 0.25) is 5.02 Å². The van der Waals surface area contributed by atoms with Gasteiger partial charge in [0.05, 0.1) is 30.3 Å². The average molecular weight is 406 g/mol. The topological polar surface area (TPSA) is 71.1 Å². The van der Waals surface area contributed by atoms with Crippen molar-refractivity contribution in [2.24, 2.45) is 0 Å². The molecule has 28 heavy (non-hydrogen) atoms. The SMILES string of the molecule is O=C1CO[C@H]2CCN(C(=O)N3CC(Oc4cccc(C5CC5)c4Cl)C3)C[C@H]2N1. The Hall–Kier alpha value is -1.99. The van der Waals surface area contributed by atoms with E-state index in [0.717, 1.165) is 6.42 Å². The lowest BCUT2D eigenvalue weighted by atomic mass is 10.0. The van der Waals surface area contributed by atoms with Gasteiger partial charge in [0, 0.05) is 13.1 Å². The molecule has 1 N–H and O–H groups in total. The van der Waals surface area contributed by atoms with E-state index in [1.165, 1.54) is 18.4 Å². The van der Waals surface area contributed by atoms with Gasteiger partial charge in [-0.05, 0) is 36.8 Å². The van der Waals surface area contributed by atoms with Crippen molar-refractivity contribution in [3.8, 4) is 5.75 Å². The molecule has 1 aromatic rings. The van der Waals surface area contributed by atoms with Gasteiger partial charge in [0.25, 0.3) is 0 Å².